The number of aliphatic hydroxyl groups is 3. The number of rotatable bonds is 2. The number of hydrogen-bond acceptors (Lipinski definition) is 12. The number of aliphatic hydroxyl groups excluding tert-OH is 1. The van der Waals surface area contributed by atoms with Gasteiger partial charge in [-0.3, -0.25) is 9.59 Å². The lowest BCUT2D eigenvalue weighted by Gasteiger charge is -2.54. The zero-order valence-corrected chi connectivity index (χ0v) is 28.9. The van der Waals surface area contributed by atoms with Crippen LogP contribution in [0, 0.1) is 16.7 Å². The van der Waals surface area contributed by atoms with Crippen LogP contribution in [0.3, 0.4) is 0 Å². The maximum atomic E-state index is 12.7. The quantitative estimate of drug-likeness (QED) is 0.170. The molecule has 9 atom stereocenters. The second-order valence-corrected chi connectivity index (χ2v) is 15.1. The van der Waals surface area contributed by atoms with Crippen LogP contribution < -0.4 is 0 Å². The highest BCUT2D eigenvalue weighted by Gasteiger charge is 2.58. The minimum Gasteiger partial charge on any atom is -0.466 e. The fourth-order valence-corrected chi connectivity index (χ4v) is 7.30. The predicted octanol–water partition coefficient (Wildman–Crippen LogP) is 3.63. The van der Waals surface area contributed by atoms with Gasteiger partial charge in [0.2, 0.25) is 0 Å². The van der Waals surface area contributed by atoms with Gasteiger partial charge < -0.3 is 43.7 Å². The number of hydrogen-bond donors (Lipinski definition) is 3. The van der Waals surface area contributed by atoms with Crippen molar-refractivity contribution in [1.82, 2.24) is 0 Å². The van der Waals surface area contributed by atoms with Crippen molar-refractivity contribution in [2.24, 2.45) is 16.7 Å². The summed E-state index contributed by atoms with van der Waals surface area (Å²) >= 11 is 0. The maximum absolute atomic E-state index is 12.7. The van der Waals surface area contributed by atoms with E-state index in [1.54, 1.807) is 13.8 Å². The second-order valence-electron chi connectivity index (χ2n) is 15.1. The number of methoxy groups -OCH3 is 1. The molecular formula is C35H54O12. The molecule has 3 fully saturated rings. The average molecular weight is 667 g/mol. The molecule has 0 spiro atoms. The first-order valence-electron chi connectivity index (χ1n) is 16.8. The Morgan fingerprint density at radius 3 is 2.36 bits per heavy atom. The fraction of sp³-hybridized carbons (Fsp3) is 0.800. The number of cyclic esters (lactones) is 1. The van der Waals surface area contributed by atoms with Gasteiger partial charge in [0.15, 0.2) is 11.6 Å². The standard InChI is InChI=1S/C35H54O12/c1-21-12-25-8-10-32(3,4)34(40)19-23(15-30(38)42-7)14-26(46-34)9-11-43-31(39)17-24(37)16-27-18-29(44-22(2)36)33(5,6)35(41,47-27)20-28(13-21)45-25/h8,10,15,21,24-29,37,40-41H,9,11-14,16-20H2,1-7H3/b10-8+,23-15+/t21-,24+,25?,26+,27+,28-,29-,34+,35-/m0/s1. The molecule has 4 rings (SSSR count). The van der Waals surface area contributed by atoms with Crippen LogP contribution in [0.1, 0.15) is 99.3 Å². The zero-order valence-electron chi connectivity index (χ0n) is 28.9. The van der Waals surface area contributed by atoms with Gasteiger partial charge in [-0.2, -0.15) is 0 Å². The molecule has 1 unspecified atom stereocenters. The van der Waals surface area contributed by atoms with Gasteiger partial charge in [-0.05, 0) is 25.2 Å². The van der Waals surface area contributed by atoms with Crippen molar-refractivity contribution in [2.45, 2.75) is 148 Å². The summed E-state index contributed by atoms with van der Waals surface area (Å²) in [5.74, 6) is -4.91. The molecule has 6 bridgehead atoms. The number of esters is 3. The summed E-state index contributed by atoms with van der Waals surface area (Å²) in [7, 11) is 1.29. The van der Waals surface area contributed by atoms with Crippen molar-refractivity contribution in [3.05, 3.63) is 23.8 Å². The molecule has 266 valence electrons. The molecule has 0 radical (unpaired) electrons. The molecule has 4 aliphatic heterocycles. The highest BCUT2D eigenvalue weighted by Crippen LogP contribution is 2.49. The molecular weight excluding hydrogens is 612 g/mol. The minimum atomic E-state index is -1.78. The Morgan fingerprint density at radius 2 is 1.68 bits per heavy atom. The van der Waals surface area contributed by atoms with E-state index in [1.807, 2.05) is 26.0 Å². The van der Waals surface area contributed by atoms with E-state index in [4.69, 9.17) is 28.4 Å². The first-order valence-corrected chi connectivity index (χ1v) is 16.8. The van der Waals surface area contributed by atoms with Crippen LogP contribution in [0.4, 0.5) is 0 Å². The van der Waals surface area contributed by atoms with Crippen molar-refractivity contribution >= 4 is 17.9 Å². The third-order valence-electron chi connectivity index (χ3n) is 10.3. The van der Waals surface area contributed by atoms with E-state index >= 15 is 0 Å². The molecule has 0 aromatic rings. The van der Waals surface area contributed by atoms with Gasteiger partial charge in [-0.15, -0.1) is 0 Å². The zero-order chi connectivity index (χ0) is 34.8. The molecule has 0 aromatic heterocycles. The Morgan fingerprint density at radius 1 is 0.979 bits per heavy atom. The largest absolute Gasteiger partial charge is 0.466 e. The normalized spacial score (nSPS) is 41.2. The molecule has 4 aliphatic rings. The van der Waals surface area contributed by atoms with Crippen LogP contribution >= 0.6 is 0 Å². The second kappa shape index (κ2) is 14.6. The van der Waals surface area contributed by atoms with E-state index in [0.29, 0.717) is 18.4 Å². The Balaban J connectivity index is 1.68. The molecule has 0 amide bonds. The number of carbonyl (C=O) groups excluding carboxylic acids is 3. The van der Waals surface area contributed by atoms with Gasteiger partial charge >= 0.3 is 17.9 Å². The summed E-state index contributed by atoms with van der Waals surface area (Å²) in [5, 5.41) is 35.0. The molecule has 12 heteroatoms. The van der Waals surface area contributed by atoms with E-state index in [-0.39, 0.29) is 57.2 Å². The smallest absolute Gasteiger partial charge is 0.330 e. The van der Waals surface area contributed by atoms with Crippen LogP contribution in [-0.2, 0) is 42.8 Å². The van der Waals surface area contributed by atoms with Gasteiger partial charge in [0.05, 0.1) is 56.1 Å². The van der Waals surface area contributed by atoms with E-state index in [2.05, 4.69) is 6.92 Å². The highest BCUT2D eigenvalue weighted by molar-refractivity contribution is 5.82. The maximum Gasteiger partial charge on any atom is 0.330 e. The third-order valence-corrected chi connectivity index (χ3v) is 10.3. The van der Waals surface area contributed by atoms with Gasteiger partial charge in [0.1, 0.15) is 6.10 Å². The van der Waals surface area contributed by atoms with E-state index in [1.165, 1.54) is 20.1 Å². The summed E-state index contributed by atoms with van der Waals surface area (Å²) in [6, 6.07) is 0. The first-order chi connectivity index (χ1) is 21.8. The van der Waals surface area contributed by atoms with Gasteiger partial charge in [-0.25, -0.2) is 4.79 Å². The average Bonchev–Trinajstić information content (AvgIpc) is 2.93. The van der Waals surface area contributed by atoms with Crippen molar-refractivity contribution in [3.8, 4) is 0 Å². The molecule has 4 heterocycles. The Hall–Kier alpha value is -2.35. The fourth-order valence-electron chi connectivity index (χ4n) is 7.30. The molecule has 47 heavy (non-hydrogen) atoms. The lowest BCUT2D eigenvalue weighted by atomic mass is 9.70. The van der Waals surface area contributed by atoms with Crippen LogP contribution in [0.25, 0.3) is 0 Å². The summed E-state index contributed by atoms with van der Waals surface area (Å²) in [5.41, 5.74) is -1.32. The van der Waals surface area contributed by atoms with Crippen molar-refractivity contribution in [2.75, 3.05) is 13.7 Å². The Labute approximate surface area is 277 Å². The summed E-state index contributed by atoms with van der Waals surface area (Å²) in [4.78, 5) is 36.9. The van der Waals surface area contributed by atoms with Gasteiger partial charge in [0.25, 0.3) is 0 Å². The van der Waals surface area contributed by atoms with Crippen LogP contribution in [-0.4, -0.2) is 95.1 Å². The summed E-state index contributed by atoms with van der Waals surface area (Å²) in [6.45, 7) is 10.7. The van der Waals surface area contributed by atoms with E-state index in [9.17, 15) is 29.7 Å². The lowest BCUT2D eigenvalue weighted by Crippen LogP contribution is -2.62. The summed E-state index contributed by atoms with van der Waals surface area (Å²) in [6.07, 6.45) is 3.29. The highest BCUT2D eigenvalue weighted by atomic mass is 16.6. The Bertz CT molecular complexity index is 1210. The Kier molecular flexibility index (Phi) is 11.7. The number of ether oxygens (including phenoxy) is 6. The molecule has 3 saturated heterocycles. The number of fused-ring (bicyclic) bond motifs is 6. The number of carbonyl (C=O) groups is 3. The van der Waals surface area contributed by atoms with E-state index < -0.39 is 70.8 Å². The monoisotopic (exact) mass is 666 g/mol. The van der Waals surface area contributed by atoms with Crippen LogP contribution in [0.15, 0.2) is 23.8 Å². The topological polar surface area (TPSA) is 167 Å². The minimum absolute atomic E-state index is 0.00801. The molecule has 3 N–H and O–H groups in total. The van der Waals surface area contributed by atoms with Gasteiger partial charge in [0, 0.05) is 50.5 Å². The SMILES string of the molecule is COC(=O)/C=C1\C[C@H]2CCOC(=O)C[C@H](O)C[C@@H]3C[C@H](OC(C)=O)C(C)(C)[C@](O)(C[C@@H]4C[C@@H](C)CC(/C=C/C(C)(C)[C@@](O)(C1)O2)O4)O3. The molecule has 0 aliphatic carbocycles. The summed E-state index contributed by atoms with van der Waals surface area (Å²) < 4.78 is 35.1. The van der Waals surface area contributed by atoms with Crippen molar-refractivity contribution < 1.29 is 58.1 Å². The molecule has 0 aromatic carbocycles. The van der Waals surface area contributed by atoms with Crippen molar-refractivity contribution in [3.63, 3.8) is 0 Å². The van der Waals surface area contributed by atoms with Crippen LogP contribution in [0.5, 0.6) is 0 Å². The third kappa shape index (κ3) is 9.01. The van der Waals surface area contributed by atoms with Crippen LogP contribution in [0.2, 0.25) is 0 Å². The lowest BCUT2D eigenvalue weighted by molar-refractivity contribution is -0.349. The first kappa shape index (κ1) is 37.5. The van der Waals surface area contributed by atoms with Gasteiger partial charge in [-0.1, -0.05) is 52.3 Å². The predicted molar refractivity (Wildman–Crippen MR) is 168 cm³/mol. The van der Waals surface area contributed by atoms with Crippen molar-refractivity contribution in [1.29, 1.82) is 0 Å². The molecule has 0 saturated carbocycles. The van der Waals surface area contributed by atoms with E-state index in [0.717, 1.165) is 6.42 Å². The molecule has 12 nitrogen and oxygen atoms in total.